The molecule has 0 saturated heterocycles. The van der Waals surface area contributed by atoms with Gasteiger partial charge in [-0.15, -0.1) is 0 Å². The van der Waals surface area contributed by atoms with Gasteiger partial charge in [-0.2, -0.15) is 0 Å². The number of carbonyl (C=O) groups excluding carboxylic acids is 1. The second-order valence-electron chi connectivity index (χ2n) is 21.0. The number of rotatable bonds is 53. The number of unbranched alkanes of at least 4 members (excludes halogenated alkanes) is 16. The molecule has 9 heteroatoms. The van der Waals surface area contributed by atoms with Gasteiger partial charge in [0.1, 0.15) is 13.2 Å². The number of nitrogens with one attached hydrogen (secondary N) is 1. The van der Waals surface area contributed by atoms with Gasteiger partial charge in [-0.05, 0) is 122 Å². The van der Waals surface area contributed by atoms with E-state index in [4.69, 9.17) is 9.05 Å². The molecule has 3 atom stereocenters. The van der Waals surface area contributed by atoms with Crippen LogP contribution in [0.1, 0.15) is 213 Å². The predicted molar refractivity (Wildman–Crippen MR) is 336 cm³/mol. The van der Waals surface area contributed by atoms with Gasteiger partial charge >= 0.3 is 7.82 Å². The number of likely N-dealkylation sites (N-methyl/N-ethyl adjacent to an activating group) is 1. The van der Waals surface area contributed by atoms with Crippen LogP contribution < -0.4 is 5.32 Å². The maximum absolute atomic E-state index is 13.0. The number of aliphatic hydroxyl groups excluding tert-OH is 1. The lowest BCUT2D eigenvalue weighted by Crippen LogP contribution is -2.45. The summed E-state index contributed by atoms with van der Waals surface area (Å²) in [5.41, 5.74) is 0. The Bertz CT molecular complexity index is 1810. The Morgan fingerprint density at radius 3 is 1.19 bits per heavy atom. The van der Waals surface area contributed by atoms with Gasteiger partial charge in [-0.3, -0.25) is 13.8 Å². The Kier molecular flexibility index (Phi) is 54.0. The van der Waals surface area contributed by atoms with E-state index in [9.17, 15) is 19.4 Å². The first kappa shape index (κ1) is 73.1. The highest BCUT2D eigenvalue weighted by molar-refractivity contribution is 7.47. The number of phosphoric ester groups is 1. The fourth-order valence-electron chi connectivity index (χ4n) is 7.75. The van der Waals surface area contributed by atoms with Crippen LogP contribution in [-0.4, -0.2) is 73.4 Å². The second-order valence-corrected chi connectivity index (χ2v) is 22.4. The fraction of sp³-hybridized carbons (Fsp3) is 0.603. The van der Waals surface area contributed by atoms with Crippen LogP contribution in [0.15, 0.2) is 158 Å². The zero-order chi connectivity index (χ0) is 56.3. The molecule has 3 unspecified atom stereocenters. The van der Waals surface area contributed by atoms with Crippen molar-refractivity contribution in [2.24, 2.45) is 0 Å². The maximum Gasteiger partial charge on any atom is 0.472 e. The second kappa shape index (κ2) is 56.8. The number of carbonyl (C=O) groups is 1. The van der Waals surface area contributed by atoms with Crippen molar-refractivity contribution in [3.05, 3.63) is 158 Å². The molecule has 0 aromatic rings. The summed E-state index contributed by atoms with van der Waals surface area (Å²) < 4.78 is 23.7. The molecule has 0 aliphatic carbocycles. The standard InChI is InChI=1S/C68H113N2O6P/c1-6-8-10-12-14-16-18-20-22-24-26-28-29-30-31-32-33-34-35-36-37-38-39-40-41-42-44-46-48-50-52-54-56-58-60-62-68(72)69-66(65-76-77(73,74)75-64-63-70(3,4)5)67(71)61-59-57-55-53-51-49-47-45-43-27-25-23-21-19-17-15-13-11-9-7-2/h8,10,14,16,20,22,26,28,30-31,33-34,36-37,39-40,42-45,48,50-51,53,59,61,66-67,71H,6-7,9,11-13,15,17-19,21,23-25,27,29,32,35,38,41,46-47,49,52,54-58,60,62-65H2,1-5H3,(H-,69,72,73,74)/p+1/b10-8-,16-14-,22-20-,28-26-,31-30-,34-33-,37-36-,40-39-,44-42-,45-43+,50-48-,53-51+,61-59+. The Hall–Kier alpha value is -3.88. The normalized spacial score (nSPS) is 14.9. The molecule has 0 heterocycles. The zero-order valence-electron chi connectivity index (χ0n) is 49.6. The van der Waals surface area contributed by atoms with Gasteiger partial charge in [0, 0.05) is 6.42 Å². The monoisotopic (exact) mass is 1090 g/mol. The van der Waals surface area contributed by atoms with Crippen LogP contribution in [0.4, 0.5) is 0 Å². The molecule has 1 amide bonds. The van der Waals surface area contributed by atoms with Gasteiger partial charge in [0.25, 0.3) is 0 Å². The van der Waals surface area contributed by atoms with Gasteiger partial charge < -0.3 is 19.8 Å². The minimum absolute atomic E-state index is 0.0391. The summed E-state index contributed by atoms with van der Waals surface area (Å²) in [4.78, 5) is 23.3. The lowest BCUT2D eigenvalue weighted by atomic mass is 10.1. The first-order chi connectivity index (χ1) is 37.5. The van der Waals surface area contributed by atoms with Gasteiger partial charge in [0.2, 0.25) is 5.91 Å². The molecule has 0 aliphatic heterocycles. The first-order valence-electron chi connectivity index (χ1n) is 30.4. The Morgan fingerprint density at radius 1 is 0.455 bits per heavy atom. The van der Waals surface area contributed by atoms with Crippen LogP contribution in [0.3, 0.4) is 0 Å². The van der Waals surface area contributed by atoms with Gasteiger partial charge in [-0.1, -0.05) is 242 Å². The number of quaternary nitrogens is 1. The maximum atomic E-state index is 13.0. The summed E-state index contributed by atoms with van der Waals surface area (Å²) in [5, 5.41) is 13.9. The fourth-order valence-corrected chi connectivity index (χ4v) is 8.48. The molecule has 0 aromatic carbocycles. The van der Waals surface area contributed by atoms with Crippen molar-refractivity contribution in [1.82, 2.24) is 5.32 Å². The number of hydrogen-bond acceptors (Lipinski definition) is 5. The van der Waals surface area contributed by atoms with Gasteiger partial charge in [0.05, 0.1) is 39.9 Å². The number of aliphatic hydroxyl groups is 1. The van der Waals surface area contributed by atoms with Crippen LogP contribution >= 0.6 is 7.82 Å². The number of phosphoric acid groups is 1. The quantitative estimate of drug-likeness (QED) is 0.0243. The third kappa shape index (κ3) is 59.6. The van der Waals surface area contributed by atoms with Crippen LogP contribution in [0.25, 0.3) is 0 Å². The van der Waals surface area contributed by atoms with Crippen LogP contribution in [-0.2, 0) is 18.4 Å². The highest BCUT2D eigenvalue weighted by Gasteiger charge is 2.27. The molecule has 3 N–H and O–H groups in total. The Morgan fingerprint density at radius 2 is 0.792 bits per heavy atom. The summed E-state index contributed by atoms with van der Waals surface area (Å²) in [6.45, 7) is 4.63. The predicted octanol–water partition coefficient (Wildman–Crippen LogP) is 19.0. The largest absolute Gasteiger partial charge is 0.472 e. The van der Waals surface area contributed by atoms with E-state index in [1.165, 1.54) is 70.6 Å². The molecule has 0 rings (SSSR count). The van der Waals surface area contributed by atoms with Crippen molar-refractivity contribution in [2.45, 2.75) is 225 Å². The highest BCUT2D eigenvalue weighted by atomic mass is 31.2. The number of amides is 1. The van der Waals surface area contributed by atoms with Crippen molar-refractivity contribution in [3.63, 3.8) is 0 Å². The third-order valence-corrected chi connectivity index (χ3v) is 13.4. The van der Waals surface area contributed by atoms with E-state index in [2.05, 4.69) is 165 Å². The molecular weight excluding hydrogens is 972 g/mol. The number of hydrogen-bond donors (Lipinski definition) is 3. The molecule has 0 saturated carbocycles. The summed E-state index contributed by atoms with van der Waals surface area (Å²) in [6, 6.07) is -0.897. The van der Waals surface area contributed by atoms with E-state index >= 15 is 0 Å². The minimum Gasteiger partial charge on any atom is -0.387 e. The summed E-state index contributed by atoms with van der Waals surface area (Å²) in [7, 11) is 1.50. The van der Waals surface area contributed by atoms with Crippen LogP contribution in [0, 0.1) is 0 Å². The van der Waals surface area contributed by atoms with Crippen molar-refractivity contribution in [3.8, 4) is 0 Å². The lowest BCUT2D eigenvalue weighted by molar-refractivity contribution is -0.870. The average Bonchev–Trinajstić information content (AvgIpc) is 3.39. The summed E-state index contributed by atoms with van der Waals surface area (Å²) in [5.74, 6) is -0.222. The summed E-state index contributed by atoms with van der Waals surface area (Å²) >= 11 is 0. The molecule has 8 nitrogen and oxygen atoms in total. The highest BCUT2D eigenvalue weighted by Crippen LogP contribution is 2.43. The Labute approximate surface area is 473 Å². The first-order valence-corrected chi connectivity index (χ1v) is 31.9. The van der Waals surface area contributed by atoms with E-state index in [0.717, 1.165) is 122 Å². The van der Waals surface area contributed by atoms with E-state index in [1.807, 2.05) is 27.2 Å². The van der Waals surface area contributed by atoms with E-state index in [1.54, 1.807) is 6.08 Å². The van der Waals surface area contributed by atoms with Crippen LogP contribution in [0.5, 0.6) is 0 Å². The molecule has 0 aliphatic rings. The minimum atomic E-state index is -4.38. The van der Waals surface area contributed by atoms with Crippen LogP contribution in [0.2, 0.25) is 0 Å². The van der Waals surface area contributed by atoms with Crippen molar-refractivity contribution >= 4 is 13.7 Å². The van der Waals surface area contributed by atoms with Crippen molar-refractivity contribution in [2.75, 3.05) is 40.9 Å². The zero-order valence-corrected chi connectivity index (χ0v) is 50.5. The van der Waals surface area contributed by atoms with Crippen molar-refractivity contribution < 1.29 is 32.9 Å². The molecule has 0 bridgehead atoms. The van der Waals surface area contributed by atoms with E-state index in [0.29, 0.717) is 17.4 Å². The molecule has 436 valence electrons. The number of allylic oxidation sites excluding steroid dienone is 25. The SMILES string of the molecule is CC/C=C\C/C=C\C/C=C\C/C=C\C/C=C\C/C=C\C/C=C\C/C=C\C/C=C\C/C=C\CCCCCCC(=O)NC(COP(=O)(O)OCC[N+](C)(C)C)C(O)/C=C/CC/C=C/CC/C=C/CCCCCCCCCCCC. The Balaban J connectivity index is 4.34. The third-order valence-electron chi connectivity index (χ3n) is 12.5. The number of nitrogens with zero attached hydrogens (tertiary/aromatic N) is 1. The smallest absolute Gasteiger partial charge is 0.387 e. The molecule has 0 spiro atoms. The molecule has 0 fully saturated rings. The van der Waals surface area contributed by atoms with Gasteiger partial charge in [-0.25, -0.2) is 4.57 Å². The molecular formula is C68H114N2O6P+. The lowest BCUT2D eigenvalue weighted by Gasteiger charge is -2.25. The van der Waals surface area contributed by atoms with Gasteiger partial charge in [0.15, 0.2) is 0 Å². The molecule has 0 aromatic heterocycles. The van der Waals surface area contributed by atoms with Crippen molar-refractivity contribution in [1.29, 1.82) is 0 Å². The molecule has 0 radical (unpaired) electrons. The molecule has 77 heavy (non-hydrogen) atoms. The van der Waals surface area contributed by atoms with E-state index in [-0.39, 0.29) is 19.1 Å². The van der Waals surface area contributed by atoms with E-state index < -0.39 is 20.0 Å². The topological polar surface area (TPSA) is 105 Å². The summed E-state index contributed by atoms with van der Waals surface area (Å²) in [6.07, 6.45) is 89.2. The average molecular weight is 1090 g/mol.